The molecule has 1 aliphatic carbocycles. The molecule has 1 radical (unpaired) electrons. The predicted octanol–water partition coefficient (Wildman–Crippen LogP) is 3.84. The lowest BCUT2D eigenvalue weighted by Crippen LogP contribution is -2.11. The van der Waals surface area contributed by atoms with Crippen LogP contribution < -0.4 is 0 Å². The van der Waals surface area contributed by atoms with Crippen molar-refractivity contribution < 1.29 is 4.43 Å². The van der Waals surface area contributed by atoms with Gasteiger partial charge in [0.15, 0.2) is 0 Å². The second-order valence-corrected chi connectivity index (χ2v) is 6.72. The molecule has 0 amide bonds. The Bertz CT molecular complexity index is 395. The Balaban J connectivity index is 2.03. The Morgan fingerprint density at radius 1 is 1.25 bits per heavy atom. The second kappa shape index (κ2) is 4.98. The van der Waals surface area contributed by atoms with Crippen LogP contribution in [0.2, 0.25) is 13.1 Å². The van der Waals surface area contributed by atoms with Gasteiger partial charge in [-0.05, 0) is 37.6 Å². The fraction of sp³-hybridized carbons (Fsp3) is 0.429. The van der Waals surface area contributed by atoms with Gasteiger partial charge in [0.1, 0.15) is 0 Å². The molecule has 0 saturated heterocycles. The largest absolute Gasteiger partial charge is 0.417 e. The first-order valence-electron chi connectivity index (χ1n) is 5.88. The molecule has 2 rings (SSSR count). The molecule has 0 aliphatic heterocycles. The van der Waals surface area contributed by atoms with Crippen LogP contribution in [0.3, 0.4) is 0 Å². The van der Waals surface area contributed by atoms with Crippen LogP contribution >= 0.6 is 0 Å². The van der Waals surface area contributed by atoms with Crippen molar-refractivity contribution in [1.82, 2.24) is 0 Å². The van der Waals surface area contributed by atoms with Gasteiger partial charge in [0.25, 0.3) is 0 Å². The minimum absolute atomic E-state index is 0.539. The first kappa shape index (κ1) is 11.6. The second-order valence-electron chi connectivity index (χ2n) is 4.62. The molecule has 85 valence electrons. The van der Waals surface area contributed by atoms with E-state index in [1.54, 1.807) is 0 Å². The molecule has 2 heteroatoms. The predicted molar refractivity (Wildman–Crippen MR) is 70.9 cm³/mol. The number of allylic oxidation sites excluding steroid dienone is 1. The van der Waals surface area contributed by atoms with Crippen molar-refractivity contribution in [2.24, 2.45) is 0 Å². The molecule has 1 nitrogen and oxygen atoms in total. The molecule has 1 atom stereocenters. The molecule has 0 fully saturated rings. The molecule has 1 aromatic rings. The summed E-state index contributed by atoms with van der Waals surface area (Å²) in [5, 5.41) is 0. The number of benzene rings is 1. The van der Waals surface area contributed by atoms with Gasteiger partial charge in [-0.2, -0.15) is 0 Å². The highest BCUT2D eigenvalue weighted by molar-refractivity contribution is 6.48. The zero-order chi connectivity index (χ0) is 11.5. The maximum absolute atomic E-state index is 5.74. The molecular formula is C14H19OSi. The molecular weight excluding hydrogens is 212 g/mol. The van der Waals surface area contributed by atoms with Crippen LogP contribution in [0.25, 0.3) is 6.08 Å². The SMILES string of the molecule is CC1=Cc2ccccc2C1CCO[Si](C)C. The lowest BCUT2D eigenvalue weighted by Gasteiger charge is -2.15. The summed E-state index contributed by atoms with van der Waals surface area (Å²) in [7, 11) is -0.539. The molecule has 16 heavy (non-hydrogen) atoms. The Morgan fingerprint density at radius 2 is 2.00 bits per heavy atom. The van der Waals surface area contributed by atoms with E-state index in [4.69, 9.17) is 4.43 Å². The van der Waals surface area contributed by atoms with Gasteiger partial charge in [-0.3, -0.25) is 0 Å². The minimum Gasteiger partial charge on any atom is -0.417 e. The van der Waals surface area contributed by atoms with E-state index in [0.717, 1.165) is 13.0 Å². The van der Waals surface area contributed by atoms with E-state index in [1.807, 2.05) is 0 Å². The Labute approximate surface area is 99.9 Å². The van der Waals surface area contributed by atoms with Crippen LogP contribution in [-0.2, 0) is 4.43 Å². The van der Waals surface area contributed by atoms with Crippen LogP contribution in [0, 0.1) is 0 Å². The maximum atomic E-state index is 5.74. The van der Waals surface area contributed by atoms with Gasteiger partial charge < -0.3 is 4.43 Å². The molecule has 0 N–H and O–H groups in total. The van der Waals surface area contributed by atoms with Crippen molar-refractivity contribution >= 4 is 15.1 Å². The molecule has 0 saturated carbocycles. The van der Waals surface area contributed by atoms with Gasteiger partial charge in [0.05, 0.1) is 0 Å². The standard InChI is InChI=1S/C14H19OSi/c1-11-10-12-6-4-5-7-14(12)13(11)8-9-15-16(2)3/h4-7,10,13H,8-9H2,1-3H3. The van der Waals surface area contributed by atoms with Crippen molar-refractivity contribution in [3.63, 3.8) is 0 Å². The maximum Gasteiger partial charge on any atom is 0.204 e. The van der Waals surface area contributed by atoms with Crippen molar-refractivity contribution in [3.8, 4) is 0 Å². The lowest BCUT2D eigenvalue weighted by molar-refractivity contribution is 0.311. The van der Waals surface area contributed by atoms with Gasteiger partial charge in [0, 0.05) is 12.5 Å². The van der Waals surface area contributed by atoms with Crippen molar-refractivity contribution in [1.29, 1.82) is 0 Å². The highest BCUT2D eigenvalue weighted by atomic mass is 28.3. The van der Waals surface area contributed by atoms with Crippen LogP contribution in [0.4, 0.5) is 0 Å². The Kier molecular flexibility index (Phi) is 3.61. The van der Waals surface area contributed by atoms with E-state index >= 15 is 0 Å². The van der Waals surface area contributed by atoms with Crippen LogP contribution in [0.1, 0.15) is 30.4 Å². The highest BCUT2D eigenvalue weighted by Gasteiger charge is 2.21. The summed E-state index contributed by atoms with van der Waals surface area (Å²) >= 11 is 0. The van der Waals surface area contributed by atoms with Crippen LogP contribution in [0.15, 0.2) is 29.8 Å². The molecule has 0 heterocycles. The van der Waals surface area contributed by atoms with Gasteiger partial charge in [-0.25, -0.2) is 0 Å². The average Bonchev–Trinajstić information content (AvgIpc) is 2.55. The first-order chi connectivity index (χ1) is 7.68. The summed E-state index contributed by atoms with van der Waals surface area (Å²) < 4.78 is 5.74. The zero-order valence-electron chi connectivity index (χ0n) is 10.3. The summed E-state index contributed by atoms with van der Waals surface area (Å²) in [5.74, 6) is 0.581. The Hall–Kier alpha value is -0.863. The monoisotopic (exact) mass is 231 g/mol. The third-order valence-corrected chi connectivity index (χ3v) is 3.88. The normalized spacial score (nSPS) is 18.8. The highest BCUT2D eigenvalue weighted by Crippen LogP contribution is 2.37. The summed E-state index contributed by atoms with van der Waals surface area (Å²) in [6.07, 6.45) is 3.43. The Morgan fingerprint density at radius 3 is 2.75 bits per heavy atom. The number of hydrogen-bond donors (Lipinski definition) is 0. The minimum atomic E-state index is -0.539. The summed E-state index contributed by atoms with van der Waals surface area (Å²) in [4.78, 5) is 0. The van der Waals surface area contributed by atoms with E-state index in [0.29, 0.717) is 5.92 Å². The zero-order valence-corrected chi connectivity index (χ0v) is 11.3. The molecule has 1 unspecified atom stereocenters. The van der Waals surface area contributed by atoms with Crippen molar-refractivity contribution in [2.45, 2.75) is 32.4 Å². The smallest absolute Gasteiger partial charge is 0.204 e. The average molecular weight is 231 g/mol. The third kappa shape index (κ3) is 2.44. The number of fused-ring (bicyclic) bond motifs is 1. The fourth-order valence-corrected chi connectivity index (χ4v) is 2.84. The van der Waals surface area contributed by atoms with E-state index in [-0.39, 0.29) is 0 Å². The van der Waals surface area contributed by atoms with E-state index in [9.17, 15) is 0 Å². The molecule has 0 bridgehead atoms. The summed E-state index contributed by atoms with van der Waals surface area (Å²) in [6, 6.07) is 8.69. The van der Waals surface area contributed by atoms with Crippen molar-refractivity contribution in [3.05, 3.63) is 41.0 Å². The summed E-state index contributed by atoms with van der Waals surface area (Å²) in [5.41, 5.74) is 4.35. The third-order valence-electron chi connectivity index (χ3n) is 3.10. The molecule has 0 spiro atoms. The van der Waals surface area contributed by atoms with E-state index in [2.05, 4.69) is 50.4 Å². The molecule has 0 aromatic heterocycles. The van der Waals surface area contributed by atoms with Crippen LogP contribution in [0.5, 0.6) is 0 Å². The lowest BCUT2D eigenvalue weighted by atomic mass is 9.94. The van der Waals surface area contributed by atoms with Gasteiger partial charge in [-0.1, -0.05) is 35.9 Å². The first-order valence-corrected chi connectivity index (χ1v) is 8.29. The van der Waals surface area contributed by atoms with Gasteiger partial charge in [-0.15, -0.1) is 0 Å². The van der Waals surface area contributed by atoms with Crippen molar-refractivity contribution in [2.75, 3.05) is 6.61 Å². The topological polar surface area (TPSA) is 9.23 Å². The molecule has 1 aromatic carbocycles. The van der Waals surface area contributed by atoms with E-state index in [1.165, 1.54) is 16.7 Å². The summed E-state index contributed by atoms with van der Waals surface area (Å²) in [6.45, 7) is 7.51. The quantitative estimate of drug-likeness (QED) is 0.715. The van der Waals surface area contributed by atoms with E-state index < -0.39 is 9.04 Å². The molecule has 1 aliphatic rings. The number of hydrogen-bond acceptors (Lipinski definition) is 1. The van der Waals surface area contributed by atoms with Crippen LogP contribution in [-0.4, -0.2) is 15.6 Å². The fourth-order valence-electron chi connectivity index (χ4n) is 2.31. The van der Waals surface area contributed by atoms with Gasteiger partial charge in [0.2, 0.25) is 9.04 Å². The van der Waals surface area contributed by atoms with Gasteiger partial charge >= 0.3 is 0 Å². The number of rotatable bonds is 4.